The van der Waals surface area contributed by atoms with E-state index >= 15 is 0 Å². The fourth-order valence-corrected chi connectivity index (χ4v) is 2.23. The predicted octanol–water partition coefficient (Wildman–Crippen LogP) is 3.21. The van der Waals surface area contributed by atoms with Crippen LogP contribution in [0.4, 0.5) is 8.78 Å². The zero-order chi connectivity index (χ0) is 13.7. The molecule has 0 heterocycles. The molecule has 0 fully saturated rings. The second kappa shape index (κ2) is 6.68. The number of methoxy groups -OCH3 is 1. The molecular formula is C12H13BrF2O3. The van der Waals surface area contributed by atoms with Gasteiger partial charge < -0.3 is 9.47 Å². The lowest BCUT2D eigenvalue weighted by Crippen LogP contribution is -2.10. The molecule has 6 heteroatoms. The van der Waals surface area contributed by atoms with Crippen LogP contribution in [-0.4, -0.2) is 19.7 Å². The zero-order valence-corrected chi connectivity index (χ0v) is 11.6. The Morgan fingerprint density at radius 2 is 2.11 bits per heavy atom. The van der Waals surface area contributed by atoms with Crippen molar-refractivity contribution in [2.75, 3.05) is 7.11 Å². The summed E-state index contributed by atoms with van der Waals surface area (Å²) in [5.41, 5.74) is 1.90. The van der Waals surface area contributed by atoms with Crippen molar-refractivity contribution < 1.29 is 23.0 Å². The Morgan fingerprint density at radius 3 is 2.61 bits per heavy atom. The van der Waals surface area contributed by atoms with Gasteiger partial charge in [0.15, 0.2) is 0 Å². The van der Waals surface area contributed by atoms with E-state index in [0.29, 0.717) is 16.5 Å². The molecule has 0 aliphatic rings. The normalized spacial score (nSPS) is 10.6. The summed E-state index contributed by atoms with van der Waals surface area (Å²) >= 11 is 3.21. The fraction of sp³-hybridized carbons (Fsp3) is 0.417. The van der Waals surface area contributed by atoms with Crippen molar-refractivity contribution in [3.63, 3.8) is 0 Å². The van der Waals surface area contributed by atoms with Crippen molar-refractivity contribution in [2.45, 2.75) is 25.3 Å². The maximum Gasteiger partial charge on any atom is 0.387 e. The molecule has 100 valence electrons. The lowest BCUT2D eigenvalue weighted by atomic mass is 10.0. The van der Waals surface area contributed by atoms with Crippen molar-refractivity contribution in [3.05, 3.63) is 28.8 Å². The number of hydrogen-bond donors (Lipinski definition) is 0. The number of carbonyl (C=O) groups is 1. The second-order valence-electron chi connectivity index (χ2n) is 3.67. The van der Waals surface area contributed by atoms with Gasteiger partial charge >= 0.3 is 12.6 Å². The SMILES string of the molecule is COC(=O)Cc1cc(C)cc(OC(F)F)c1CBr. The number of benzene rings is 1. The second-order valence-corrected chi connectivity index (χ2v) is 4.23. The van der Waals surface area contributed by atoms with E-state index in [0.717, 1.165) is 5.56 Å². The van der Waals surface area contributed by atoms with Crippen LogP contribution >= 0.6 is 15.9 Å². The van der Waals surface area contributed by atoms with Gasteiger partial charge in [-0.1, -0.05) is 22.0 Å². The highest BCUT2D eigenvalue weighted by Gasteiger charge is 2.16. The van der Waals surface area contributed by atoms with Crippen LogP contribution in [0.25, 0.3) is 0 Å². The van der Waals surface area contributed by atoms with E-state index in [4.69, 9.17) is 0 Å². The number of aryl methyl sites for hydroxylation is 1. The van der Waals surface area contributed by atoms with Crippen molar-refractivity contribution in [1.82, 2.24) is 0 Å². The van der Waals surface area contributed by atoms with Crippen LogP contribution in [0, 0.1) is 6.92 Å². The van der Waals surface area contributed by atoms with Gasteiger partial charge in [0.25, 0.3) is 0 Å². The van der Waals surface area contributed by atoms with Gasteiger partial charge in [-0.15, -0.1) is 0 Å². The summed E-state index contributed by atoms with van der Waals surface area (Å²) in [6.45, 7) is -1.15. The molecule has 0 saturated carbocycles. The van der Waals surface area contributed by atoms with Crippen LogP contribution in [0.2, 0.25) is 0 Å². The molecule has 0 aliphatic carbocycles. The number of esters is 1. The van der Waals surface area contributed by atoms with E-state index in [1.807, 2.05) is 0 Å². The lowest BCUT2D eigenvalue weighted by Gasteiger charge is -2.14. The molecule has 0 radical (unpaired) electrons. The van der Waals surface area contributed by atoms with Gasteiger partial charge in [0.2, 0.25) is 0 Å². The first-order valence-corrected chi connectivity index (χ1v) is 6.30. The molecule has 18 heavy (non-hydrogen) atoms. The van der Waals surface area contributed by atoms with Gasteiger partial charge in [-0.05, 0) is 24.1 Å². The van der Waals surface area contributed by atoms with Crippen LogP contribution in [0.15, 0.2) is 12.1 Å². The summed E-state index contributed by atoms with van der Waals surface area (Å²) < 4.78 is 33.6. The Labute approximate surface area is 112 Å². The molecule has 0 saturated heterocycles. The fourth-order valence-electron chi connectivity index (χ4n) is 1.59. The average molecular weight is 323 g/mol. The molecule has 0 aliphatic heterocycles. The first kappa shape index (κ1) is 14.9. The standard InChI is InChI=1S/C12H13BrF2O3/c1-7-3-8(5-11(16)17-2)9(6-13)10(4-7)18-12(14)15/h3-4,12H,5-6H2,1-2H3. The Balaban J connectivity index is 3.15. The number of halogens is 3. The first-order valence-electron chi connectivity index (χ1n) is 5.18. The zero-order valence-electron chi connectivity index (χ0n) is 10.0. The van der Waals surface area contributed by atoms with E-state index in [2.05, 4.69) is 25.4 Å². The van der Waals surface area contributed by atoms with Crippen LogP contribution in [0.3, 0.4) is 0 Å². The molecule has 0 atom stereocenters. The minimum atomic E-state index is -2.89. The van der Waals surface area contributed by atoms with E-state index in [-0.39, 0.29) is 12.2 Å². The van der Waals surface area contributed by atoms with E-state index < -0.39 is 12.6 Å². The topological polar surface area (TPSA) is 35.5 Å². The Hall–Kier alpha value is -1.17. The van der Waals surface area contributed by atoms with E-state index in [1.165, 1.54) is 13.2 Å². The molecule has 1 aromatic carbocycles. The van der Waals surface area contributed by atoms with Gasteiger partial charge in [-0.3, -0.25) is 4.79 Å². The predicted molar refractivity (Wildman–Crippen MR) is 66.2 cm³/mol. The van der Waals surface area contributed by atoms with Gasteiger partial charge in [0.05, 0.1) is 13.5 Å². The number of rotatable bonds is 5. The minimum Gasteiger partial charge on any atom is -0.469 e. The lowest BCUT2D eigenvalue weighted by molar-refractivity contribution is -0.139. The molecule has 0 amide bonds. The third kappa shape index (κ3) is 3.94. The highest BCUT2D eigenvalue weighted by atomic mass is 79.9. The monoisotopic (exact) mass is 322 g/mol. The van der Waals surface area contributed by atoms with Crippen LogP contribution in [-0.2, 0) is 21.3 Å². The van der Waals surface area contributed by atoms with Crippen LogP contribution in [0.5, 0.6) is 5.75 Å². The summed E-state index contributed by atoms with van der Waals surface area (Å²) in [4.78, 5) is 11.3. The maximum atomic E-state index is 12.3. The molecule has 1 aromatic rings. The molecule has 3 nitrogen and oxygen atoms in total. The number of hydrogen-bond acceptors (Lipinski definition) is 3. The Kier molecular flexibility index (Phi) is 5.53. The van der Waals surface area contributed by atoms with Crippen molar-refractivity contribution in [3.8, 4) is 5.75 Å². The summed E-state index contributed by atoms with van der Waals surface area (Å²) in [5.74, 6) is -0.341. The summed E-state index contributed by atoms with van der Waals surface area (Å²) in [5, 5.41) is 0.321. The van der Waals surface area contributed by atoms with E-state index in [9.17, 15) is 13.6 Å². The largest absolute Gasteiger partial charge is 0.469 e. The maximum absolute atomic E-state index is 12.3. The number of ether oxygens (including phenoxy) is 2. The molecule has 0 bridgehead atoms. The van der Waals surface area contributed by atoms with Gasteiger partial charge in [0, 0.05) is 10.9 Å². The Bertz CT molecular complexity index is 436. The summed E-state index contributed by atoms with van der Waals surface area (Å²) in [6.07, 6.45) is 0.0265. The number of carbonyl (C=O) groups excluding carboxylic acids is 1. The first-order chi connectivity index (χ1) is 8.47. The average Bonchev–Trinajstić information content (AvgIpc) is 2.27. The smallest absolute Gasteiger partial charge is 0.387 e. The molecule has 0 N–H and O–H groups in total. The number of alkyl halides is 3. The highest BCUT2D eigenvalue weighted by molar-refractivity contribution is 9.08. The molecular weight excluding hydrogens is 310 g/mol. The van der Waals surface area contributed by atoms with Crippen LogP contribution < -0.4 is 4.74 Å². The molecule has 0 unspecified atom stereocenters. The third-order valence-electron chi connectivity index (χ3n) is 2.36. The quantitative estimate of drug-likeness (QED) is 0.617. The van der Waals surface area contributed by atoms with Crippen molar-refractivity contribution in [2.24, 2.45) is 0 Å². The molecule has 0 aromatic heterocycles. The van der Waals surface area contributed by atoms with Gasteiger partial charge in [-0.25, -0.2) is 0 Å². The molecule has 0 spiro atoms. The summed E-state index contributed by atoms with van der Waals surface area (Å²) in [6, 6.07) is 3.27. The van der Waals surface area contributed by atoms with Gasteiger partial charge in [0.1, 0.15) is 5.75 Å². The highest BCUT2D eigenvalue weighted by Crippen LogP contribution is 2.29. The van der Waals surface area contributed by atoms with Crippen molar-refractivity contribution in [1.29, 1.82) is 0 Å². The van der Waals surface area contributed by atoms with Gasteiger partial charge in [-0.2, -0.15) is 8.78 Å². The van der Waals surface area contributed by atoms with E-state index in [1.54, 1.807) is 13.0 Å². The molecule has 1 rings (SSSR count). The van der Waals surface area contributed by atoms with Crippen molar-refractivity contribution >= 4 is 21.9 Å². The van der Waals surface area contributed by atoms with Crippen LogP contribution in [0.1, 0.15) is 16.7 Å². The summed E-state index contributed by atoms with van der Waals surface area (Å²) in [7, 11) is 1.28. The minimum absolute atomic E-state index is 0.0265. The third-order valence-corrected chi connectivity index (χ3v) is 2.92. The Morgan fingerprint density at radius 1 is 1.44 bits per heavy atom.